The van der Waals surface area contributed by atoms with E-state index in [9.17, 15) is 5.11 Å². The lowest BCUT2D eigenvalue weighted by atomic mass is 10.0. The molecule has 1 fully saturated rings. The maximum Gasteiger partial charge on any atom is 0.0580 e. The molecule has 0 aromatic carbocycles. The van der Waals surface area contributed by atoms with Gasteiger partial charge in [-0.1, -0.05) is 6.42 Å². The zero-order valence-electron chi connectivity index (χ0n) is 9.56. The van der Waals surface area contributed by atoms with Crippen LogP contribution in [-0.4, -0.2) is 29.2 Å². The normalized spacial score (nSPS) is 30.6. The molecule has 0 spiro atoms. The number of aliphatic hydroxyl groups is 1. The zero-order chi connectivity index (χ0) is 11.0. The first-order valence-corrected chi connectivity index (χ1v) is 7.16. The molecule has 3 rings (SSSR count). The van der Waals surface area contributed by atoms with E-state index in [1.54, 1.807) is 4.88 Å². The topological polar surface area (TPSA) is 23.5 Å². The van der Waals surface area contributed by atoms with Gasteiger partial charge < -0.3 is 5.11 Å². The maximum atomic E-state index is 9.85. The minimum Gasteiger partial charge on any atom is -0.393 e. The summed E-state index contributed by atoms with van der Waals surface area (Å²) in [6, 6.07) is 2.26. The highest BCUT2D eigenvalue weighted by molar-refractivity contribution is 7.10. The molecule has 2 atom stereocenters. The molecule has 0 saturated heterocycles. The van der Waals surface area contributed by atoms with E-state index in [2.05, 4.69) is 16.3 Å². The first-order chi connectivity index (χ1) is 7.83. The van der Waals surface area contributed by atoms with Crippen LogP contribution in [0.15, 0.2) is 11.4 Å². The van der Waals surface area contributed by atoms with E-state index < -0.39 is 0 Å². The van der Waals surface area contributed by atoms with Crippen molar-refractivity contribution in [1.29, 1.82) is 0 Å². The number of aliphatic hydroxyl groups excluding tert-OH is 1. The highest BCUT2D eigenvalue weighted by atomic mass is 32.1. The number of hydrogen-bond donors (Lipinski definition) is 1. The third kappa shape index (κ3) is 2.04. The van der Waals surface area contributed by atoms with E-state index in [4.69, 9.17) is 0 Å². The molecule has 2 unspecified atom stereocenters. The SMILES string of the molecule is OC1CCCC1CN1CCc2sccc2C1. The predicted octanol–water partition coefficient (Wildman–Crippen LogP) is 2.27. The van der Waals surface area contributed by atoms with Crippen molar-refractivity contribution in [3.8, 4) is 0 Å². The summed E-state index contributed by atoms with van der Waals surface area (Å²) in [5.41, 5.74) is 1.52. The minimum atomic E-state index is -0.0381. The van der Waals surface area contributed by atoms with Crippen molar-refractivity contribution in [1.82, 2.24) is 4.90 Å². The van der Waals surface area contributed by atoms with Crippen LogP contribution in [0.25, 0.3) is 0 Å². The molecule has 1 aliphatic heterocycles. The van der Waals surface area contributed by atoms with Crippen LogP contribution in [0.5, 0.6) is 0 Å². The first kappa shape index (κ1) is 10.8. The van der Waals surface area contributed by atoms with Gasteiger partial charge in [-0.2, -0.15) is 0 Å². The molecule has 1 saturated carbocycles. The second-order valence-electron chi connectivity index (χ2n) is 5.11. The molecular weight excluding hydrogens is 218 g/mol. The van der Waals surface area contributed by atoms with Gasteiger partial charge >= 0.3 is 0 Å². The third-order valence-electron chi connectivity index (χ3n) is 4.00. The van der Waals surface area contributed by atoms with Crippen molar-refractivity contribution in [2.45, 2.75) is 38.3 Å². The van der Waals surface area contributed by atoms with Crippen LogP contribution in [0.3, 0.4) is 0 Å². The van der Waals surface area contributed by atoms with Crippen LogP contribution in [-0.2, 0) is 13.0 Å². The maximum absolute atomic E-state index is 9.85. The number of nitrogens with zero attached hydrogens (tertiary/aromatic N) is 1. The summed E-state index contributed by atoms with van der Waals surface area (Å²) in [5.74, 6) is 0.528. The van der Waals surface area contributed by atoms with Crippen molar-refractivity contribution >= 4 is 11.3 Å². The Morgan fingerprint density at radius 3 is 3.19 bits per heavy atom. The number of hydrogen-bond acceptors (Lipinski definition) is 3. The van der Waals surface area contributed by atoms with Gasteiger partial charge in [-0.3, -0.25) is 4.90 Å². The molecule has 0 amide bonds. The summed E-state index contributed by atoms with van der Waals surface area (Å²) in [4.78, 5) is 4.09. The molecule has 1 N–H and O–H groups in total. The van der Waals surface area contributed by atoms with E-state index in [0.29, 0.717) is 5.92 Å². The van der Waals surface area contributed by atoms with Gasteiger partial charge in [0.05, 0.1) is 6.10 Å². The van der Waals surface area contributed by atoms with Crippen LogP contribution in [0.1, 0.15) is 29.7 Å². The Balaban J connectivity index is 1.61. The molecule has 1 aliphatic carbocycles. The Labute approximate surface area is 101 Å². The third-order valence-corrected chi connectivity index (χ3v) is 5.02. The Morgan fingerprint density at radius 2 is 2.38 bits per heavy atom. The largest absolute Gasteiger partial charge is 0.393 e. The summed E-state index contributed by atoms with van der Waals surface area (Å²) in [5, 5.41) is 12.1. The predicted molar refractivity (Wildman–Crippen MR) is 66.6 cm³/mol. The molecular formula is C13H19NOS. The highest BCUT2D eigenvalue weighted by Crippen LogP contribution is 2.29. The first-order valence-electron chi connectivity index (χ1n) is 6.28. The zero-order valence-corrected chi connectivity index (χ0v) is 10.4. The molecule has 1 aromatic heterocycles. The molecule has 2 heterocycles. The van der Waals surface area contributed by atoms with Gasteiger partial charge in [-0.15, -0.1) is 11.3 Å². The van der Waals surface area contributed by atoms with E-state index in [1.165, 1.54) is 31.4 Å². The number of fused-ring (bicyclic) bond motifs is 1. The monoisotopic (exact) mass is 237 g/mol. The smallest absolute Gasteiger partial charge is 0.0580 e. The molecule has 88 valence electrons. The Morgan fingerprint density at radius 1 is 1.44 bits per heavy atom. The van der Waals surface area contributed by atoms with Crippen molar-refractivity contribution in [3.63, 3.8) is 0 Å². The summed E-state index contributed by atoms with van der Waals surface area (Å²) < 4.78 is 0. The lowest BCUT2D eigenvalue weighted by Crippen LogP contribution is -2.36. The summed E-state index contributed by atoms with van der Waals surface area (Å²) in [7, 11) is 0. The van der Waals surface area contributed by atoms with Crippen LogP contribution < -0.4 is 0 Å². The second-order valence-corrected chi connectivity index (χ2v) is 6.11. The Kier molecular flexibility index (Phi) is 3.01. The van der Waals surface area contributed by atoms with E-state index >= 15 is 0 Å². The van der Waals surface area contributed by atoms with Crippen molar-refractivity contribution in [2.75, 3.05) is 13.1 Å². The average molecular weight is 237 g/mol. The van der Waals surface area contributed by atoms with Gasteiger partial charge in [0.25, 0.3) is 0 Å². The van der Waals surface area contributed by atoms with Crippen LogP contribution >= 0.6 is 11.3 Å². The fourth-order valence-corrected chi connectivity index (χ4v) is 3.91. The van der Waals surface area contributed by atoms with E-state index in [-0.39, 0.29) is 6.10 Å². The van der Waals surface area contributed by atoms with E-state index in [0.717, 1.165) is 19.5 Å². The lowest BCUT2D eigenvalue weighted by Gasteiger charge is -2.30. The van der Waals surface area contributed by atoms with Gasteiger partial charge in [0.1, 0.15) is 0 Å². The standard InChI is InChI=1S/C13H19NOS/c15-12-3-1-2-10(12)8-14-6-4-13-11(9-14)5-7-16-13/h5,7,10,12,15H,1-4,6,8-9H2. The van der Waals surface area contributed by atoms with Crippen molar-refractivity contribution in [2.24, 2.45) is 5.92 Å². The number of thiophene rings is 1. The van der Waals surface area contributed by atoms with Gasteiger partial charge in [0, 0.05) is 24.5 Å². The van der Waals surface area contributed by atoms with Gasteiger partial charge in [-0.05, 0) is 42.2 Å². The van der Waals surface area contributed by atoms with Crippen LogP contribution in [0, 0.1) is 5.92 Å². The Bertz CT molecular complexity index is 363. The second kappa shape index (κ2) is 4.47. The number of rotatable bonds is 2. The summed E-state index contributed by atoms with van der Waals surface area (Å²) in [6.07, 6.45) is 4.61. The fourth-order valence-electron chi connectivity index (χ4n) is 3.02. The minimum absolute atomic E-state index is 0.0381. The molecule has 3 heteroatoms. The van der Waals surface area contributed by atoms with Gasteiger partial charge in [-0.25, -0.2) is 0 Å². The lowest BCUT2D eigenvalue weighted by molar-refractivity contribution is 0.0977. The van der Waals surface area contributed by atoms with Gasteiger partial charge in [0.2, 0.25) is 0 Å². The van der Waals surface area contributed by atoms with Gasteiger partial charge in [0.15, 0.2) is 0 Å². The van der Waals surface area contributed by atoms with Crippen LogP contribution in [0.2, 0.25) is 0 Å². The Hall–Kier alpha value is -0.380. The quantitative estimate of drug-likeness (QED) is 0.853. The molecule has 0 radical (unpaired) electrons. The summed E-state index contributed by atoms with van der Waals surface area (Å²) in [6.45, 7) is 3.37. The molecule has 2 aliphatic rings. The van der Waals surface area contributed by atoms with Crippen molar-refractivity contribution < 1.29 is 5.11 Å². The highest BCUT2D eigenvalue weighted by Gasteiger charge is 2.28. The fraction of sp³-hybridized carbons (Fsp3) is 0.692. The molecule has 16 heavy (non-hydrogen) atoms. The summed E-state index contributed by atoms with van der Waals surface area (Å²) >= 11 is 1.89. The van der Waals surface area contributed by atoms with Crippen LogP contribution in [0.4, 0.5) is 0 Å². The average Bonchev–Trinajstić information content (AvgIpc) is 2.88. The molecule has 2 nitrogen and oxygen atoms in total. The van der Waals surface area contributed by atoms with Crippen molar-refractivity contribution in [3.05, 3.63) is 21.9 Å². The van der Waals surface area contributed by atoms with E-state index in [1.807, 2.05) is 11.3 Å². The molecule has 1 aromatic rings. The molecule has 0 bridgehead atoms.